The predicted octanol–water partition coefficient (Wildman–Crippen LogP) is 2.55. The van der Waals surface area contributed by atoms with Gasteiger partial charge in [0.1, 0.15) is 0 Å². The zero-order valence-electron chi connectivity index (χ0n) is 17.4. The summed E-state index contributed by atoms with van der Waals surface area (Å²) >= 11 is 0. The van der Waals surface area contributed by atoms with Crippen molar-refractivity contribution in [2.75, 3.05) is 43.9 Å². The van der Waals surface area contributed by atoms with Crippen LogP contribution in [-0.2, 0) is 14.8 Å². The number of rotatable bonds is 5. The summed E-state index contributed by atoms with van der Waals surface area (Å²) in [5.74, 6) is -0.0726. The molecular formula is C21H33N3O3S. The largest absolute Gasteiger partial charge is 0.368 e. The van der Waals surface area contributed by atoms with Crippen molar-refractivity contribution in [2.24, 2.45) is 0 Å². The van der Waals surface area contributed by atoms with Crippen LogP contribution >= 0.6 is 0 Å². The van der Waals surface area contributed by atoms with Crippen LogP contribution in [0.3, 0.4) is 0 Å². The fraction of sp³-hybridized carbons (Fsp3) is 0.667. The standard InChI is InChI=1S/C21H33N3O3S/c1-17-8-7-11-20(18(17)2)22-12-14-23(15-13-22)21(25)16-24(28(3,26)27)19-9-5-4-6-10-19/h7-8,11,19H,4-6,9-10,12-16H2,1-3H3. The third kappa shape index (κ3) is 4.87. The molecule has 1 aromatic carbocycles. The highest BCUT2D eigenvalue weighted by molar-refractivity contribution is 7.88. The molecule has 0 bridgehead atoms. The van der Waals surface area contributed by atoms with Crippen LogP contribution < -0.4 is 4.90 Å². The lowest BCUT2D eigenvalue weighted by molar-refractivity contribution is -0.132. The van der Waals surface area contributed by atoms with Crippen LogP contribution in [0.4, 0.5) is 5.69 Å². The molecule has 3 rings (SSSR count). The Hall–Kier alpha value is -1.60. The first kappa shape index (κ1) is 21.1. The highest BCUT2D eigenvalue weighted by Gasteiger charge is 2.32. The molecule has 0 atom stereocenters. The maximum absolute atomic E-state index is 12.9. The molecule has 28 heavy (non-hydrogen) atoms. The Kier molecular flexibility index (Phi) is 6.65. The summed E-state index contributed by atoms with van der Waals surface area (Å²) in [5.41, 5.74) is 3.78. The molecular weight excluding hydrogens is 374 g/mol. The molecule has 1 saturated carbocycles. The second-order valence-corrected chi connectivity index (χ2v) is 10.1. The SMILES string of the molecule is Cc1cccc(N2CCN(C(=O)CN(C3CCCCC3)S(C)(=O)=O)CC2)c1C. The number of aryl methyl sites for hydroxylation is 1. The zero-order chi connectivity index (χ0) is 20.3. The van der Waals surface area contributed by atoms with Gasteiger partial charge in [-0.2, -0.15) is 4.31 Å². The van der Waals surface area contributed by atoms with Gasteiger partial charge >= 0.3 is 0 Å². The first-order chi connectivity index (χ1) is 13.3. The number of amides is 1. The molecule has 2 fully saturated rings. The molecule has 0 radical (unpaired) electrons. The summed E-state index contributed by atoms with van der Waals surface area (Å²) in [5, 5.41) is 0. The van der Waals surface area contributed by atoms with Gasteiger partial charge in [-0.3, -0.25) is 4.79 Å². The third-order valence-electron chi connectivity index (χ3n) is 6.25. The normalized spacial score (nSPS) is 19.3. The Morgan fingerprint density at radius 2 is 1.71 bits per heavy atom. The molecule has 0 spiro atoms. The molecule has 7 heteroatoms. The summed E-state index contributed by atoms with van der Waals surface area (Å²) in [6, 6.07) is 6.30. The van der Waals surface area contributed by atoms with Crippen LogP contribution in [0.2, 0.25) is 0 Å². The van der Waals surface area contributed by atoms with E-state index in [0.717, 1.165) is 45.2 Å². The maximum atomic E-state index is 12.9. The van der Waals surface area contributed by atoms with E-state index in [1.165, 1.54) is 27.4 Å². The fourth-order valence-corrected chi connectivity index (χ4v) is 5.49. The van der Waals surface area contributed by atoms with Gasteiger partial charge in [0.25, 0.3) is 0 Å². The average Bonchev–Trinajstić information content (AvgIpc) is 2.68. The minimum atomic E-state index is -3.39. The number of anilines is 1. The molecule has 1 aliphatic carbocycles. The fourth-order valence-electron chi connectivity index (χ4n) is 4.39. The van der Waals surface area contributed by atoms with Gasteiger partial charge in [0.2, 0.25) is 15.9 Å². The van der Waals surface area contributed by atoms with Gasteiger partial charge in [0.05, 0.1) is 12.8 Å². The van der Waals surface area contributed by atoms with Crippen molar-refractivity contribution in [2.45, 2.75) is 52.0 Å². The van der Waals surface area contributed by atoms with Crippen molar-refractivity contribution in [1.82, 2.24) is 9.21 Å². The van der Waals surface area contributed by atoms with E-state index in [4.69, 9.17) is 0 Å². The van der Waals surface area contributed by atoms with Crippen LogP contribution in [0.25, 0.3) is 0 Å². The third-order valence-corrected chi connectivity index (χ3v) is 7.53. The first-order valence-electron chi connectivity index (χ1n) is 10.3. The lowest BCUT2D eigenvalue weighted by Crippen LogP contribution is -2.53. The maximum Gasteiger partial charge on any atom is 0.238 e. The Balaban J connectivity index is 1.61. The molecule has 6 nitrogen and oxygen atoms in total. The topological polar surface area (TPSA) is 60.9 Å². The Bertz CT molecular complexity index is 795. The summed E-state index contributed by atoms with van der Waals surface area (Å²) in [6.07, 6.45) is 6.19. The first-order valence-corrected chi connectivity index (χ1v) is 12.2. The lowest BCUT2D eigenvalue weighted by Gasteiger charge is -2.38. The highest BCUT2D eigenvalue weighted by atomic mass is 32.2. The summed E-state index contributed by atoms with van der Waals surface area (Å²) in [4.78, 5) is 17.0. The van der Waals surface area contributed by atoms with Crippen molar-refractivity contribution in [3.63, 3.8) is 0 Å². The van der Waals surface area contributed by atoms with Gasteiger partial charge in [-0.25, -0.2) is 8.42 Å². The van der Waals surface area contributed by atoms with E-state index in [-0.39, 0.29) is 18.5 Å². The van der Waals surface area contributed by atoms with E-state index >= 15 is 0 Å². The highest BCUT2D eigenvalue weighted by Crippen LogP contribution is 2.26. The number of benzene rings is 1. The van der Waals surface area contributed by atoms with Gasteiger partial charge in [0.15, 0.2) is 0 Å². The number of sulfonamides is 1. The second kappa shape index (κ2) is 8.82. The summed E-state index contributed by atoms with van der Waals surface area (Å²) in [7, 11) is -3.39. The van der Waals surface area contributed by atoms with Gasteiger partial charge in [-0.15, -0.1) is 0 Å². The number of carbonyl (C=O) groups excluding carboxylic acids is 1. The van der Waals surface area contributed by atoms with E-state index in [9.17, 15) is 13.2 Å². The molecule has 0 N–H and O–H groups in total. The smallest absolute Gasteiger partial charge is 0.238 e. The number of carbonyl (C=O) groups is 1. The molecule has 156 valence electrons. The van der Waals surface area contributed by atoms with Gasteiger partial charge < -0.3 is 9.80 Å². The summed E-state index contributed by atoms with van der Waals surface area (Å²) in [6.45, 7) is 7.05. The van der Waals surface area contributed by atoms with Crippen molar-refractivity contribution < 1.29 is 13.2 Å². The van der Waals surface area contributed by atoms with Gasteiger partial charge in [-0.1, -0.05) is 31.4 Å². The lowest BCUT2D eigenvalue weighted by atomic mass is 9.95. The van der Waals surface area contributed by atoms with Crippen LogP contribution in [-0.4, -0.2) is 68.6 Å². The number of piperazine rings is 1. The van der Waals surface area contributed by atoms with Crippen LogP contribution in [0.15, 0.2) is 18.2 Å². The predicted molar refractivity (Wildman–Crippen MR) is 113 cm³/mol. The van der Waals surface area contributed by atoms with Crippen molar-refractivity contribution in [3.8, 4) is 0 Å². The molecule has 0 aromatic heterocycles. The Labute approximate surface area is 169 Å². The zero-order valence-corrected chi connectivity index (χ0v) is 18.2. The molecule has 1 amide bonds. The van der Waals surface area contributed by atoms with Crippen LogP contribution in [0, 0.1) is 13.8 Å². The van der Waals surface area contributed by atoms with Crippen LogP contribution in [0.1, 0.15) is 43.2 Å². The van der Waals surface area contributed by atoms with E-state index in [1.807, 2.05) is 4.90 Å². The number of nitrogens with zero attached hydrogens (tertiary/aromatic N) is 3. The minimum absolute atomic E-state index is 0.0209. The van der Waals surface area contributed by atoms with E-state index in [0.29, 0.717) is 13.1 Å². The minimum Gasteiger partial charge on any atom is -0.368 e. The van der Waals surface area contributed by atoms with Crippen LogP contribution in [0.5, 0.6) is 0 Å². The molecule has 1 aliphatic heterocycles. The molecule has 2 aliphatic rings. The van der Waals surface area contributed by atoms with Gasteiger partial charge in [0, 0.05) is 37.9 Å². The number of hydrogen-bond donors (Lipinski definition) is 0. The number of hydrogen-bond acceptors (Lipinski definition) is 4. The average molecular weight is 408 g/mol. The van der Waals surface area contributed by atoms with E-state index in [2.05, 4.69) is 36.9 Å². The molecule has 0 unspecified atom stereocenters. The monoisotopic (exact) mass is 407 g/mol. The quantitative estimate of drug-likeness (QED) is 0.753. The van der Waals surface area contributed by atoms with Crippen molar-refractivity contribution >= 4 is 21.6 Å². The Morgan fingerprint density at radius 3 is 2.32 bits per heavy atom. The van der Waals surface area contributed by atoms with Gasteiger partial charge in [-0.05, 0) is 43.9 Å². The molecule has 1 aromatic rings. The van der Waals surface area contributed by atoms with E-state index in [1.54, 1.807) is 0 Å². The van der Waals surface area contributed by atoms with E-state index < -0.39 is 10.0 Å². The Morgan fingerprint density at radius 1 is 1.07 bits per heavy atom. The molecule has 1 heterocycles. The second-order valence-electron chi connectivity index (χ2n) is 8.19. The summed E-state index contributed by atoms with van der Waals surface area (Å²) < 4.78 is 26.1. The van der Waals surface area contributed by atoms with Crippen molar-refractivity contribution in [3.05, 3.63) is 29.3 Å². The van der Waals surface area contributed by atoms with Crippen molar-refractivity contribution in [1.29, 1.82) is 0 Å². The molecule has 1 saturated heterocycles.